The van der Waals surface area contributed by atoms with E-state index in [-0.39, 0.29) is 5.54 Å². The summed E-state index contributed by atoms with van der Waals surface area (Å²) in [7, 11) is 0. The topological polar surface area (TPSA) is 29.3 Å². The first-order valence-corrected chi connectivity index (χ1v) is 6.62. The van der Waals surface area contributed by atoms with Gasteiger partial charge in [-0.25, -0.2) is 0 Å². The van der Waals surface area contributed by atoms with Crippen molar-refractivity contribution in [3.05, 3.63) is 0 Å². The van der Waals surface area contributed by atoms with Crippen LogP contribution >= 0.6 is 0 Å². The molecule has 1 saturated heterocycles. The molecular weight excluding hydrogens is 184 g/mol. The van der Waals surface area contributed by atoms with Crippen molar-refractivity contribution < 1.29 is 0 Å². The highest BCUT2D eigenvalue weighted by atomic mass is 15.2. The van der Waals surface area contributed by atoms with Crippen LogP contribution in [0.3, 0.4) is 0 Å². The Bertz CT molecular complexity index is 211. The third-order valence-electron chi connectivity index (χ3n) is 4.52. The van der Waals surface area contributed by atoms with Crippen molar-refractivity contribution in [1.82, 2.24) is 4.90 Å². The molecule has 2 atom stereocenters. The molecule has 1 heterocycles. The van der Waals surface area contributed by atoms with Crippen LogP contribution in [0.4, 0.5) is 0 Å². The largest absolute Gasteiger partial charge is 0.325 e. The standard InChI is InChI=1S/C13H26N2/c1-11-4-8-15(12(2)10-11)9-7-13(14)5-3-6-13/h11-12H,3-10,14H2,1-2H3. The lowest BCUT2D eigenvalue weighted by molar-refractivity contribution is 0.105. The molecule has 0 aromatic rings. The second kappa shape index (κ2) is 4.42. The highest BCUT2D eigenvalue weighted by Crippen LogP contribution is 2.33. The normalized spacial score (nSPS) is 36.2. The highest BCUT2D eigenvalue weighted by Gasteiger charge is 2.33. The smallest absolute Gasteiger partial charge is 0.0166 e. The van der Waals surface area contributed by atoms with Crippen molar-refractivity contribution in [2.45, 2.75) is 64.0 Å². The molecule has 2 fully saturated rings. The maximum Gasteiger partial charge on any atom is 0.0166 e. The SMILES string of the molecule is CC1CCN(CCC2(N)CCC2)C(C)C1. The Morgan fingerprint density at radius 2 is 2.07 bits per heavy atom. The Morgan fingerprint density at radius 1 is 1.33 bits per heavy atom. The Kier molecular flexibility index (Phi) is 3.36. The summed E-state index contributed by atoms with van der Waals surface area (Å²) < 4.78 is 0. The predicted molar refractivity (Wildman–Crippen MR) is 64.8 cm³/mol. The summed E-state index contributed by atoms with van der Waals surface area (Å²) in [6.07, 6.45) is 7.82. The summed E-state index contributed by atoms with van der Waals surface area (Å²) >= 11 is 0. The third kappa shape index (κ3) is 2.73. The van der Waals surface area contributed by atoms with Crippen LogP contribution in [0.2, 0.25) is 0 Å². The fraction of sp³-hybridized carbons (Fsp3) is 1.00. The number of likely N-dealkylation sites (tertiary alicyclic amines) is 1. The number of hydrogen-bond donors (Lipinski definition) is 1. The lowest BCUT2D eigenvalue weighted by atomic mass is 9.75. The monoisotopic (exact) mass is 210 g/mol. The number of nitrogens with two attached hydrogens (primary N) is 1. The molecule has 0 amide bonds. The maximum atomic E-state index is 6.27. The molecule has 0 aromatic carbocycles. The van der Waals surface area contributed by atoms with Crippen LogP contribution < -0.4 is 5.73 Å². The summed E-state index contributed by atoms with van der Waals surface area (Å²) in [6.45, 7) is 7.27. The van der Waals surface area contributed by atoms with E-state index in [2.05, 4.69) is 18.7 Å². The van der Waals surface area contributed by atoms with E-state index in [1.54, 1.807) is 0 Å². The summed E-state index contributed by atoms with van der Waals surface area (Å²) in [5, 5.41) is 0. The zero-order valence-corrected chi connectivity index (χ0v) is 10.3. The van der Waals surface area contributed by atoms with Gasteiger partial charge in [-0.2, -0.15) is 0 Å². The zero-order valence-electron chi connectivity index (χ0n) is 10.3. The van der Waals surface area contributed by atoms with Crippen molar-refractivity contribution in [2.24, 2.45) is 11.7 Å². The molecule has 1 aliphatic carbocycles. The van der Waals surface area contributed by atoms with Gasteiger partial charge in [0.25, 0.3) is 0 Å². The van der Waals surface area contributed by atoms with Crippen molar-refractivity contribution in [2.75, 3.05) is 13.1 Å². The molecule has 2 N–H and O–H groups in total. The summed E-state index contributed by atoms with van der Waals surface area (Å²) in [6, 6.07) is 0.775. The van der Waals surface area contributed by atoms with Crippen molar-refractivity contribution in [3.8, 4) is 0 Å². The van der Waals surface area contributed by atoms with Crippen LogP contribution in [-0.2, 0) is 0 Å². The van der Waals surface area contributed by atoms with Gasteiger partial charge in [0.2, 0.25) is 0 Å². The lowest BCUT2D eigenvalue weighted by Gasteiger charge is -2.42. The van der Waals surface area contributed by atoms with Gasteiger partial charge in [-0.3, -0.25) is 0 Å². The average Bonchev–Trinajstić information content (AvgIpc) is 2.14. The molecule has 2 unspecified atom stereocenters. The quantitative estimate of drug-likeness (QED) is 0.775. The van der Waals surface area contributed by atoms with Crippen LogP contribution in [0, 0.1) is 5.92 Å². The molecule has 1 aliphatic heterocycles. The van der Waals surface area contributed by atoms with E-state index in [1.807, 2.05) is 0 Å². The first-order valence-electron chi connectivity index (χ1n) is 6.62. The molecular formula is C13H26N2. The molecule has 2 rings (SSSR count). The summed E-state index contributed by atoms with van der Waals surface area (Å²) in [5.74, 6) is 0.923. The van der Waals surface area contributed by atoms with Crippen LogP contribution in [0.15, 0.2) is 0 Å². The Balaban J connectivity index is 1.74. The van der Waals surface area contributed by atoms with Gasteiger partial charge in [-0.1, -0.05) is 6.92 Å². The first-order chi connectivity index (χ1) is 7.09. The van der Waals surface area contributed by atoms with Crippen LogP contribution in [-0.4, -0.2) is 29.6 Å². The van der Waals surface area contributed by atoms with Crippen LogP contribution in [0.1, 0.15) is 52.4 Å². The Hall–Kier alpha value is -0.0800. The van der Waals surface area contributed by atoms with Gasteiger partial charge < -0.3 is 10.6 Å². The zero-order chi connectivity index (χ0) is 10.9. The van der Waals surface area contributed by atoms with E-state index < -0.39 is 0 Å². The van der Waals surface area contributed by atoms with E-state index in [9.17, 15) is 0 Å². The molecule has 0 spiro atoms. The minimum Gasteiger partial charge on any atom is -0.325 e. The number of rotatable bonds is 3. The molecule has 15 heavy (non-hydrogen) atoms. The first kappa shape index (κ1) is 11.4. The molecule has 2 heteroatoms. The van der Waals surface area contributed by atoms with Crippen LogP contribution in [0.5, 0.6) is 0 Å². The van der Waals surface area contributed by atoms with E-state index in [4.69, 9.17) is 5.73 Å². The third-order valence-corrected chi connectivity index (χ3v) is 4.52. The molecule has 0 aromatic heterocycles. The van der Waals surface area contributed by atoms with E-state index in [0.29, 0.717) is 0 Å². The van der Waals surface area contributed by atoms with Gasteiger partial charge in [0.15, 0.2) is 0 Å². The number of hydrogen-bond acceptors (Lipinski definition) is 2. The van der Waals surface area contributed by atoms with Gasteiger partial charge in [0, 0.05) is 18.1 Å². The minimum absolute atomic E-state index is 0.211. The van der Waals surface area contributed by atoms with E-state index in [0.717, 1.165) is 12.0 Å². The molecule has 2 nitrogen and oxygen atoms in total. The Labute approximate surface area is 94.2 Å². The Morgan fingerprint density at radius 3 is 2.60 bits per heavy atom. The molecule has 1 saturated carbocycles. The fourth-order valence-electron chi connectivity index (χ4n) is 3.04. The number of nitrogens with zero attached hydrogens (tertiary/aromatic N) is 1. The van der Waals surface area contributed by atoms with E-state index in [1.165, 1.54) is 51.6 Å². The van der Waals surface area contributed by atoms with Crippen LogP contribution in [0.25, 0.3) is 0 Å². The average molecular weight is 210 g/mol. The van der Waals surface area contributed by atoms with Gasteiger partial charge >= 0.3 is 0 Å². The molecule has 0 bridgehead atoms. The number of piperidine rings is 1. The summed E-state index contributed by atoms with van der Waals surface area (Å²) in [5.41, 5.74) is 6.48. The highest BCUT2D eigenvalue weighted by molar-refractivity contribution is 4.93. The second-order valence-electron chi connectivity index (χ2n) is 5.98. The van der Waals surface area contributed by atoms with Gasteiger partial charge in [-0.15, -0.1) is 0 Å². The van der Waals surface area contributed by atoms with Gasteiger partial charge in [0.05, 0.1) is 0 Å². The van der Waals surface area contributed by atoms with Gasteiger partial charge in [0.1, 0.15) is 0 Å². The lowest BCUT2D eigenvalue weighted by Crippen LogP contribution is -2.50. The van der Waals surface area contributed by atoms with Gasteiger partial charge in [-0.05, 0) is 57.9 Å². The predicted octanol–water partition coefficient (Wildman–Crippen LogP) is 2.38. The van der Waals surface area contributed by atoms with Crippen molar-refractivity contribution >= 4 is 0 Å². The molecule has 0 radical (unpaired) electrons. The van der Waals surface area contributed by atoms with Crippen molar-refractivity contribution in [1.29, 1.82) is 0 Å². The fourth-order valence-corrected chi connectivity index (χ4v) is 3.04. The maximum absolute atomic E-state index is 6.27. The minimum atomic E-state index is 0.211. The molecule has 88 valence electrons. The second-order valence-corrected chi connectivity index (χ2v) is 5.98. The summed E-state index contributed by atoms with van der Waals surface area (Å²) in [4.78, 5) is 2.65. The molecule has 2 aliphatic rings. The van der Waals surface area contributed by atoms with Crippen molar-refractivity contribution in [3.63, 3.8) is 0 Å². The van der Waals surface area contributed by atoms with E-state index >= 15 is 0 Å².